The number of hydrogen-bond acceptors (Lipinski definition) is 6. The summed E-state index contributed by atoms with van der Waals surface area (Å²) in [6, 6.07) is 1.65. The van der Waals surface area contributed by atoms with Crippen molar-refractivity contribution in [1.82, 2.24) is 8.75 Å². The van der Waals surface area contributed by atoms with Gasteiger partial charge in [0.2, 0.25) is 0 Å². The first-order valence-corrected chi connectivity index (χ1v) is 7.13. The molecule has 0 N–H and O–H groups in total. The second-order valence-corrected chi connectivity index (χ2v) is 5.43. The van der Waals surface area contributed by atoms with Crippen LogP contribution in [0.15, 0.2) is 6.07 Å². The Labute approximate surface area is 118 Å². The van der Waals surface area contributed by atoms with Gasteiger partial charge in [0.1, 0.15) is 11.2 Å². The van der Waals surface area contributed by atoms with E-state index in [1.165, 1.54) is 6.42 Å². The van der Waals surface area contributed by atoms with Crippen LogP contribution in [0.4, 0.5) is 11.4 Å². The normalized spacial score (nSPS) is 15.9. The molecule has 1 aromatic heterocycles. The van der Waals surface area contributed by atoms with E-state index < -0.39 is 0 Å². The lowest BCUT2D eigenvalue weighted by atomic mass is 10.1. The Hall–Kier alpha value is -1.47. The molecular weight excluding hydrogens is 288 g/mol. The van der Waals surface area contributed by atoms with E-state index in [1.807, 2.05) is 4.90 Å². The van der Waals surface area contributed by atoms with Crippen LogP contribution >= 0.6 is 23.3 Å². The van der Waals surface area contributed by atoms with Crippen molar-refractivity contribution in [2.45, 2.75) is 19.3 Å². The molecule has 2 aromatic rings. The maximum absolute atomic E-state index is 11.4. The maximum atomic E-state index is 11.4. The van der Waals surface area contributed by atoms with Gasteiger partial charge in [0.15, 0.2) is 5.52 Å². The van der Waals surface area contributed by atoms with Gasteiger partial charge in [0.25, 0.3) is 0 Å². The molecule has 0 amide bonds. The predicted molar refractivity (Wildman–Crippen MR) is 75.1 cm³/mol. The van der Waals surface area contributed by atoms with Gasteiger partial charge in [0, 0.05) is 13.1 Å². The SMILES string of the molecule is O=[N+]([O-])c1c(N2CCCCC2)cc(Cl)c2nsnc12. The molecule has 0 spiro atoms. The first kappa shape index (κ1) is 12.6. The number of fused-ring (bicyclic) bond motifs is 1. The topological polar surface area (TPSA) is 72.2 Å². The Morgan fingerprint density at radius 1 is 1.26 bits per heavy atom. The van der Waals surface area contributed by atoms with E-state index >= 15 is 0 Å². The summed E-state index contributed by atoms with van der Waals surface area (Å²) in [6.45, 7) is 1.64. The molecule has 0 unspecified atom stereocenters. The Kier molecular flexibility index (Phi) is 3.24. The highest BCUT2D eigenvalue weighted by Gasteiger charge is 2.28. The zero-order valence-electron chi connectivity index (χ0n) is 10.0. The molecule has 0 aliphatic carbocycles. The van der Waals surface area contributed by atoms with E-state index in [-0.39, 0.29) is 10.6 Å². The van der Waals surface area contributed by atoms with Crippen molar-refractivity contribution in [1.29, 1.82) is 0 Å². The molecule has 1 aliphatic rings. The smallest absolute Gasteiger partial charge is 0.321 e. The summed E-state index contributed by atoms with van der Waals surface area (Å²) in [6.07, 6.45) is 3.25. The highest BCUT2D eigenvalue weighted by atomic mass is 35.5. The average Bonchev–Trinajstić information content (AvgIpc) is 2.88. The Morgan fingerprint density at radius 2 is 1.95 bits per heavy atom. The number of piperidine rings is 1. The Bertz CT molecular complexity index is 639. The minimum absolute atomic E-state index is 0.0232. The molecule has 19 heavy (non-hydrogen) atoms. The predicted octanol–water partition coefficient (Wildman–Crippen LogP) is 3.24. The van der Waals surface area contributed by atoms with Crippen LogP contribution in [0.3, 0.4) is 0 Å². The number of hydrogen-bond donors (Lipinski definition) is 0. The van der Waals surface area contributed by atoms with E-state index in [0.29, 0.717) is 21.7 Å². The molecule has 2 heterocycles. The standard InChI is InChI=1S/C11H11ClN4O2S/c12-7-6-8(15-4-2-1-3-5-15)11(16(17)18)10-9(7)13-19-14-10/h6H,1-5H2. The average molecular weight is 299 g/mol. The second kappa shape index (κ2) is 4.90. The first-order valence-electron chi connectivity index (χ1n) is 6.02. The van der Waals surface area contributed by atoms with Gasteiger partial charge < -0.3 is 4.90 Å². The van der Waals surface area contributed by atoms with E-state index in [4.69, 9.17) is 11.6 Å². The summed E-state index contributed by atoms with van der Waals surface area (Å²) in [5.41, 5.74) is 1.30. The molecule has 100 valence electrons. The van der Waals surface area contributed by atoms with Crippen molar-refractivity contribution in [3.05, 3.63) is 21.2 Å². The Balaban J connectivity index is 2.21. The molecule has 6 nitrogen and oxygen atoms in total. The molecular formula is C11H11ClN4O2S. The molecule has 1 saturated heterocycles. The lowest BCUT2D eigenvalue weighted by molar-refractivity contribution is -0.382. The molecule has 0 bridgehead atoms. The molecule has 0 saturated carbocycles. The molecule has 8 heteroatoms. The van der Waals surface area contributed by atoms with Crippen molar-refractivity contribution in [3.8, 4) is 0 Å². The van der Waals surface area contributed by atoms with Gasteiger partial charge in [-0.25, -0.2) is 0 Å². The van der Waals surface area contributed by atoms with Gasteiger partial charge >= 0.3 is 5.69 Å². The third kappa shape index (κ3) is 2.12. The van der Waals surface area contributed by atoms with Crippen molar-refractivity contribution in [2.24, 2.45) is 0 Å². The van der Waals surface area contributed by atoms with Gasteiger partial charge in [0.05, 0.1) is 21.7 Å². The van der Waals surface area contributed by atoms with Crippen LogP contribution in [0, 0.1) is 10.1 Å². The number of benzene rings is 1. The molecule has 1 aliphatic heterocycles. The molecule has 3 rings (SSSR count). The number of nitro benzene ring substituents is 1. The highest BCUT2D eigenvalue weighted by Crippen LogP contribution is 2.39. The van der Waals surface area contributed by atoms with Gasteiger partial charge in [-0.1, -0.05) is 11.6 Å². The van der Waals surface area contributed by atoms with Crippen molar-refractivity contribution in [3.63, 3.8) is 0 Å². The fraction of sp³-hybridized carbons (Fsp3) is 0.455. The molecule has 0 atom stereocenters. The van der Waals surface area contributed by atoms with Gasteiger partial charge in [-0.2, -0.15) is 8.75 Å². The highest BCUT2D eigenvalue weighted by molar-refractivity contribution is 7.00. The number of nitro groups is 1. The minimum Gasteiger partial charge on any atom is -0.366 e. The molecule has 1 fully saturated rings. The zero-order valence-corrected chi connectivity index (χ0v) is 11.6. The zero-order chi connectivity index (χ0) is 13.4. The van der Waals surface area contributed by atoms with Crippen molar-refractivity contribution in [2.75, 3.05) is 18.0 Å². The summed E-state index contributed by atoms with van der Waals surface area (Å²) in [5, 5.41) is 11.8. The van der Waals surface area contributed by atoms with E-state index in [9.17, 15) is 10.1 Å². The first-order chi connectivity index (χ1) is 9.18. The number of aromatic nitrogens is 2. The Morgan fingerprint density at radius 3 is 2.63 bits per heavy atom. The van der Waals surface area contributed by atoms with E-state index in [0.717, 1.165) is 37.7 Å². The van der Waals surface area contributed by atoms with E-state index in [2.05, 4.69) is 8.75 Å². The molecule has 0 radical (unpaired) electrons. The summed E-state index contributed by atoms with van der Waals surface area (Å²) in [5.74, 6) is 0. The van der Waals surface area contributed by atoms with Crippen LogP contribution in [0.2, 0.25) is 5.02 Å². The van der Waals surface area contributed by atoms with Crippen LogP contribution < -0.4 is 4.90 Å². The third-order valence-electron chi connectivity index (χ3n) is 3.32. The second-order valence-electron chi connectivity index (χ2n) is 4.49. The molecule has 1 aromatic carbocycles. The summed E-state index contributed by atoms with van der Waals surface area (Å²) >= 11 is 7.10. The summed E-state index contributed by atoms with van der Waals surface area (Å²) in [4.78, 5) is 13.0. The quantitative estimate of drug-likeness (QED) is 0.628. The number of anilines is 1. The van der Waals surface area contributed by atoms with Crippen LogP contribution in [-0.2, 0) is 0 Å². The van der Waals surface area contributed by atoms with Crippen molar-refractivity contribution < 1.29 is 4.92 Å². The number of rotatable bonds is 2. The van der Waals surface area contributed by atoms with Crippen LogP contribution in [0.5, 0.6) is 0 Å². The summed E-state index contributed by atoms with van der Waals surface area (Å²) < 4.78 is 8.06. The largest absolute Gasteiger partial charge is 0.366 e. The van der Waals surface area contributed by atoms with Crippen LogP contribution in [0.1, 0.15) is 19.3 Å². The lowest BCUT2D eigenvalue weighted by Crippen LogP contribution is -2.30. The van der Waals surface area contributed by atoms with Gasteiger partial charge in [-0.3, -0.25) is 10.1 Å². The monoisotopic (exact) mass is 298 g/mol. The van der Waals surface area contributed by atoms with Gasteiger partial charge in [-0.15, -0.1) is 0 Å². The lowest BCUT2D eigenvalue weighted by Gasteiger charge is -2.28. The van der Waals surface area contributed by atoms with Crippen molar-refractivity contribution >= 4 is 45.7 Å². The van der Waals surface area contributed by atoms with E-state index in [1.54, 1.807) is 6.07 Å². The maximum Gasteiger partial charge on any atom is 0.321 e. The van der Waals surface area contributed by atoms with Gasteiger partial charge in [-0.05, 0) is 25.3 Å². The fourth-order valence-corrected chi connectivity index (χ4v) is 3.28. The fourth-order valence-electron chi connectivity index (χ4n) is 2.43. The number of halogens is 1. The summed E-state index contributed by atoms with van der Waals surface area (Å²) in [7, 11) is 0. The third-order valence-corrected chi connectivity index (χ3v) is 4.14. The number of nitrogens with zero attached hydrogens (tertiary/aromatic N) is 4. The minimum atomic E-state index is -0.385. The van der Waals surface area contributed by atoms with Crippen LogP contribution in [0.25, 0.3) is 11.0 Å². The van der Waals surface area contributed by atoms with Crippen LogP contribution in [-0.4, -0.2) is 26.8 Å².